The first kappa shape index (κ1) is 17.0. The number of aliphatic carboxylic acids is 1. The highest BCUT2D eigenvalue weighted by atomic mass is 16.5. The van der Waals surface area contributed by atoms with E-state index in [2.05, 4.69) is 5.32 Å². The molecule has 0 aliphatic carbocycles. The van der Waals surface area contributed by atoms with E-state index in [1.54, 1.807) is 0 Å². The second-order valence-electron chi connectivity index (χ2n) is 6.04. The van der Waals surface area contributed by atoms with Crippen molar-refractivity contribution in [2.75, 3.05) is 6.54 Å². The fourth-order valence-electron chi connectivity index (χ4n) is 2.88. The number of hydrogen-bond donors (Lipinski definition) is 2. The zero-order valence-corrected chi connectivity index (χ0v) is 13.7. The number of carbonyl (C=O) groups is 2. The van der Waals surface area contributed by atoms with Crippen molar-refractivity contribution in [1.29, 1.82) is 0 Å². The number of alkyl carbamates (subject to hydrolysis) is 1. The molecule has 0 fully saturated rings. The summed E-state index contributed by atoms with van der Waals surface area (Å²) in [6, 6.07) is 16.2. The Bertz CT molecular complexity index is 723. The second kappa shape index (κ2) is 7.81. The Hall–Kier alpha value is -2.86. The molecule has 1 amide bonds. The number of nitrogens with zero attached hydrogens (tertiary/aromatic N) is 1. The third-order valence-electron chi connectivity index (χ3n) is 4.15. The third-order valence-corrected chi connectivity index (χ3v) is 4.15. The van der Waals surface area contributed by atoms with Gasteiger partial charge in [-0.2, -0.15) is 0 Å². The van der Waals surface area contributed by atoms with Gasteiger partial charge in [0.1, 0.15) is 12.6 Å². The number of carbonyl (C=O) groups excluding carboxylic acids is 1. The predicted octanol–water partition coefficient (Wildman–Crippen LogP) is 2.38. The van der Waals surface area contributed by atoms with Gasteiger partial charge in [-0.3, -0.25) is 4.90 Å². The molecule has 25 heavy (non-hydrogen) atoms. The van der Waals surface area contributed by atoms with Crippen LogP contribution in [0.1, 0.15) is 16.7 Å². The normalized spacial score (nSPS) is 14.6. The average molecular weight is 340 g/mol. The Morgan fingerprint density at radius 1 is 1.04 bits per heavy atom. The number of fused-ring (bicyclic) bond motifs is 1. The number of ether oxygens (including phenoxy) is 1. The van der Waals surface area contributed by atoms with E-state index in [0.717, 1.165) is 5.56 Å². The molecule has 0 saturated carbocycles. The average Bonchev–Trinajstić information content (AvgIpc) is 3.02. The van der Waals surface area contributed by atoms with Crippen LogP contribution in [0.15, 0.2) is 54.6 Å². The van der Waals surface area contributed by atoms with Crippen molar-refractivity contribution in [2.24, 2.45) is 0 Å². The van der Waals surface area contributed by atoms with Crippen LogP contribution in [0, 0.1) is 0 Å². The van der Waals surface area contributed by atoms with Gasteiger partial charge < -0.3 is 15.2 Å². The molecule has 1 aliphatic heterocycles. The first-order chi connectivity index (χ1) is 12.1. The summed E-state index contributed by atoms with van der Waals surface area (Å²) >= 11 is 0. The SMILES string of the molecule is O=C(NC(CN1Cc2ccccc2C1)C(=O)O)OCc1ccccc1. The molecule has 6 nitrogen and oxygen atoms in total. The fraction of sp³-hybridized carbons (Fsp3) is 0.263. The van der Waals surface area contributed by atoms with E-state index >= 15 is 0 Å². The van der Waals surface area contributed by atoms with E-state index in [1.807, 2.05) is 59.5 Å². The van der Waals surface area contributed by atoms with Crippen molar-refractivity contribution in [3.05, 3.63) is 71.3 Å². The lowest BCUT2D eigenvalue weighted by molar-refractivity contribution is -0.139. The van der Waals surface area contributed by atoms with Crippen molar-refractivity contribution < 1.29 is 19.4 Å². The van der Waals surface area contributed by atoms with Gasteiger partial charge in [-0.1, -0.05) is 54.6 Å². The molecular formula is C19H20N2O4. The van der Waals surface area contributed by atoms with Gasteiger partial charge in [0, 0.05) is 19.6 Å². The van der Waals surface area contributed by atoms with Gasteiger partial charge in [0.15, 0.2) is 0 Å². The molecule has 2 N–H and O–H groups in total. The maximum Gasteiger partial charge on any atom is 0.408 e. The lowest BCUT2D eigenvalue weighted by Crippen LogP contribution is -2.47. The molecule has 0 radical (unpaired) electrons. The monoisotopic (exact) mass is 340 g/mol. The first-order valence-corrected chi connectivity index (χ1v) is 8.11. The van der Waals surface area contributed by atoms with E-state index in [0.29, 0.717) is 13.1 Å². The predicted molar refractivity (Wildman–Crippen MR) is 91.7 cm³/mol. The molecule has 1 atom stereocenters. The molecule has 3 rings (SSSR count). The molecular weight excluding hydrogens is 320 g/mol. The number of amides is 1. The molecule has 0 saturated heterocycles. The Labute approximate surface area is 146 Å². The molecule has 0 aromatic heterocycles. The number of carboxylic acids is 1. The number of benzene rings is 2. The summed E-state index contributed by atoms with van der Waals surface area (Å²) in [5.74, 6) is -1.08. The topological polar surface area (TPSA) is 78.9 Å². The molecule has 2 aromatic carbocycles. The third kappa shape index (κ3) is 4.58. The zero-order chi connectivity index (χ0) is 17.6. The molecule has 2 aromatic rings. The maximum absolute atomic E-state index is 11.9. The van der Waals surface area contributed by atoms with E-state index in [1.165, 1.54) is 11.1 Å². The summed E-state index contributed by atoms with van der Waals surface area (Å²) in [7, 11) is 0. The molecule has 1 aliphatic rings. The van der Waals surface area contributed by atoms with Crippen LogP contribution in [0.3, 0.4) is 0 Å². The van der Waals surface area contributed by atoms with Gasteiger partial charge >= 0.3 is 12.1 Å². The van der Waals surface area contributed by atoms with Crippen LogP contribution in [0.25, 0.3) is 0 Å². The summed E-state index contributed by atoms with van der Waals surface area (Å²) in [5, 5.41) is 11.8. The summed E-state index contributed by atoms with van der Waals surface area (Å²) in [4.78, 5) is 25.4. The second-order valence-corrected chi connectivity index (χ2v) is 6.04. The largest absolute Gasteiger partial charge is 0.480 e. The minimum atomic E-state index is -1.08. The van der Waals surface area contributed by atoms with Crippen molar-refractivity contribution in [1.82, 2.24) is 10.2 Å². The van der Waals surface area contributed by atoms with E-state index < -0.39 is 18.1 Å². The van der Waals surface area contributed by atoms with Crippen molar-refractivity contribution in [3.63, 3.8) is 0 Å². The highest BCUT2D eigenvalue weighted by Crippen LogP contribution is 2.22. The Morgan fingerprint density at radius 3 is 2.24 bits per heavy atom. The van der Waals surface area contributed by atoms with E-state index in [9.17, 15) is 14.7 Å². The van der Waals surface area contributed by atoms with Crippen LogP contribution >= 0.6 is 0 Å². The van der Waals surface area contributed by atoms with Crippen molar-refractivity contribution >= 4 is 12.1 Å². The van der Waals surface area contributed by atoms with Crippen molar-refractivity contribution in [3.8, 4) is 0 Å². The summed E-state index contributed by atoms with van der Waals surface area (Å²) in [5.41, 5.74) is 3.23. The van der Waals surface area contributed by atoms with Gasteiger partial charge in [-0.25, -0.2) is 9.59 Å². The maximum atomic E-state index is 11.9. The van der Waals surface area contributed by atoms with Gasteiger partial charge in [0.05, 0.1) is 0 Å². The Morgan fingerprint density at radius 2 is 1.64 bits per heavy atom. The van der Waals surface area contributed by atoms with Gasteiger partial charge in [-0.15, -0.1) is 0 Å². The molecule has 0 bridgehead atoms. The minimum Gasteiger partial charge on any atom is -0.480 e. The zero-order valence-electron chi connectivity index (χ0n) is 13.7. The van der Waals surface area contributed by atoms with Crippen LogP contribution in [-0.2, 0) is 29.2 Å². The highest BCUT2D eigenvalue weighted by molar-refractivity contribution is 5.80. The van der Waals surface area contributed by atoms with Gasteiger partial charge in [0.2, 0.25) is 0 Å². The lowest BCUT2D eigenvalue weighted by atomic mass is 10.1. The number of nitrogens with one attached hydrogen (secondary N) is 1. The van der Waals surface area contributed by atoms with Crippen LogP contribution < -0.4 is 5.32 Å². The summed E-state index contributed by atoms with van der Waals surface area (Å²) in [6.07, 6.45) is -0.729. The first-order valence-electron chi connectivity index (χ1n) is 8.11. The molecule has 1 heterocycles. The van der Waals surface area contributed by atoms with Gasteiger partial charge in [0.25, 0.3) is 0 Å². The molecule has 130 valence electrons. The minimum absolute atomic E-state index is 0.105. The van der Waals surface area contributed by atoms with Crippen LogP contribution in [0.4, 0.5) is 4.79 Å². The van der Waals surface area contributed by atoms with Crippen LogP contribution in [0.2, 0.25) is 0 Å². The number of carboxylic acid groups (broad SMARTS) is 1. The molecule has 6 heteroatoms. The van der Waals surface area contributed by atoms with E-state index in [4.69, 9.17) is 4.74 Å². The fourth-order valence-corrected chi connectivity index (χ4v) is 2.88. The smallest absolute Gasteiger partial charge is 0.408 e. The lowest BCUT2D eigenvalue weighted by Gasteiger charge is -2.21. The van der Waals surface area contributed by atoms with Crippen molar-refractivity contribution in [2.45, 2.75) is 25.7 Å². The highest BCUT2D eigenvalue weighted by Gasteiger charge is 2.27. The summed E-state index contributed by atoms with van der Waals surface area (Å²) in [6.45, 7) is 1.69. The molecule has 1 unspecified atom stereocenters. The van der Waals surface area contributed by atoms with Crippen LogP contribution in [0.5, 0.6) is 0 Å². The van der Waals surface area contributed by atoms with E-state index in [-0.39, 0.29) is 13.2 Å². The Balaban J connectivity index is 1.51. The Kier molecular flexibility index (Phi) is 5.30. The quantitative estimate of drug-likeness (QED) is 0.844. The standard InChI is InChI=1S/C19H20N2O4/c22-18(23)17(12-21-10-15-8-4-5-9-16(15)11-21)20-19(24)25-13-14-6-2-1-3-7-14/h1-9,17H,10-13H2,(H,20,24)(H,22,23). The summed E-state index contributed by atoms with van der Waals surface area (Å²) < 4.78 is 5.10. The number of hydrogen-bond acceptors (Lipinski definition) is 4. The number of rotatable bonds is 6. The van der Waals surface area contributed by atoms with Gasteiger partial charge in [-0.05, 0) is 16.7 Å². The van der Waals surface area contributed by atoms with Crippen LogP contribution in [-0.4, -0.2) is 34.7 Å². The molecule has 0 spiro atoms.